The van der Waals surface area contributed by atoms with Crippen LogP contribution in [0.4, 0.5) is 0 Å². The molecule has 0 radical (unpaired) electrons. The minimum Gasteiger partial charge on any atom is -0.496 e. The third-order valence-corrected chi connectivity index (χ3v) is 3.92. The van der Waals surface area contributed by atoms with Gasteiger partial charge in [-0.3, -0.25) is 9.69 Å². The summed E-state index contributed by atoms with van der Waals surface area (Å²) in [6, 6.07) is 5.62. The van der Waals surface area contributed by atoms with Crippen molar-refractivity contribution in [3.05, 3.63) is 29.3 Å². The van der Waals surface area contributed by atoms with E-state index in [9.17, 15) is 4.79 Å². The fraction of sp³-hybridized carbons (Fsp3) is 0.588. The van der Waals surface area contributed by atoms with E-state index in [1.165, 1.54) is 12.8 Å². The van der Waals surface area contributed by atoms with Gasteiger partial charge in [0.15, 0.2) is 5.78 Å². The van der Waals surface area contributed by atoms with Crippen molar-refractivity contribution in [1.82, 2.24) is 4.90 Å². The number of methoxy groups -OCH3 is 1. The second-order valence-electron chi connectivity index (χ2n) is 5.77. The summed E-state index contributed by atoms with van der Waals surface area (Å²) in [4.78, 5) is 13.8. The van der Waals surface area contributed by atoms with Crippen LogP contribution in [-0.4, -0.2) is 44.1 Å². The first-order chi connectivity index (χ1) is 10.1. The highest BCUT2D eigenvalue weighted by atomic mass is 16.5. The molecule has 1 atom stereocenters. The molecule has 116 valence electrons. The Hall–Kier alpha value is -1.39. The summed E-state index contributed by atoms with van der Waals surface area (Å²) in [5.74, 6) is 0.911. The van der Waals surface area contributed by atoms with Gasteiger partial charge in [-0.05, 0) is 51.4 Å². The largest absolute Gasteiger partial charge is 0.496 e. The van der Waals surface area contributed by atoms with Crippen molar-refractivity contribution >= 4 is 5.78 Å². The summed E-state index contributed by atoms with van der Waals surface area (Å²) in [7, 11) is 3.74. The quantitative estimate of drug-likeness (QED) is 0.755. The molecule has 0 bridgehead atoms. The summed E-state index contributed by atoms with van der Waals surface area (Å²) in [5, 5.41) is 0. The number of ketones is 1. The van der Waals surface area contributed by atoms with E-state index in [1.807, 2.05) is 18.2 Å². The average molecular weight is 291 g/mol. The van der Waals surface area contributed by atoms with Crippen LogP contribution in [0.1, 0.15) is 42.1 Å². The minimum atomic E-state index is 0.0807. The third-order valence-electron chi connectivity index (χ3n) is 3.92. The molecule has 21 heavy (non-hydrogen) atoms. The monoisotopic (exact) mass is 291 g/mol. The Kier molecular flexibility index (Phi) is 5.76. The Morgan fingerprint density at radius 2 is 2.24 bits per heavy atom. The molecule has 0 saturated carbocycles. The first-order valence-electron chi connectivity index (χ1n) is 7.58. The molecule has 1 heterocycles. The molecule has 4 heteroatoms. The van der Waals surface area contributed by atoms with Crippen LogP contribution in [0.3, 0.4) is 0 Å². The Balaban J connectivity index is 2.02. The Morgan fingerprint density at radius 3 is 2.86 bits per heavy atom. The number of hydrogen-bond acceptors (Lipinski definition) is 4. The van der Waals surface area contributed by atoms with Gasteiger partial charge in [0.05, 0.1) is 13.2 Å². The molecule has 1 aromatic rings. The van der Waals surface area contributed by atoms with Crippen LogP contribution in [0.25, 0.3) is 0 Å². The van der Waals surface area contributed by atoms with Crippen molar-refractivity contribution in [3.63, 3.8) is 0 Å². The van der Waals surface area contributed by atoms with Gasteiger partial charge in [0, 0.05) is 30.8 Å². The number of nitrogens with zero attached hydrogens (tertiary/aromatic N) is 1. The smallest absolute Gasteiger partial charge is 0.159 e. The van der Waals surface area contributed by atoms with Gasteiger partial charge >= 0.3 is 0 Å². The van der Waals surface area contributed by atoms with Crippen molar-refractivity contribution in [2.24, 2.45) is 0 Å². The van der Waals surface area contributed by atoms with Crippen LogP contribution in [0, 0.1) is 0 Å². The maximum absolute atomic E-state index is 11.5. The Labute approximate surface area is 127 Å². The van der Waals surface area contributed by atoms with E-state index in [2.05, 4.69) is 11.9 Å². The van der Waals surface area contributed by atoms with E-state index in [0.717, 1.165) is 43.0 Å². The highest BCUT2D eigenvalue weighted by Crippen LogP contribution is 2.22. The van der Waals surface area contributed by atoms with Crippen molar-refractivity contribution in [3.8, 4) is 5.75 Å². The first kappa shape index (κ1) is 16.0. The molecule has 0 aromatic heterocycles. The van der Waals surface area contributed by atoms with E-state index < -0.39 is 0 Å². The molecule has 4 nitrogen and oxygen atoms in total. The second kappa shape index (κ2) is 7.57. The molecular formula is C17H25NO3. The van der Waals surface area contributed by atoms with Gasteiger partial charge in [-0.1, -0.05) is 0 Å². The third kappa shape index (κ3) is 4.55. The van der Waals surface area contributed by atoms with Crippen LogP contribution in [-0.2, 0) is 11.3 Å². The molecule has 1 aliphatic rings. The summed E-state index contributed by atoms with van der Waals surface area (Å²) in [6.45, 7) is 4.13. The van der Waals surface area contributed by atoms with Crippen LogP contribution in [0.5, 0.6) is 5.75 Å². The number of ether oxygens (including phenoxy) is 2. The van der Waals surface area contributed by atoms with Crippen molar-refractivity contribution in [2.75, 3.05) is 27.3 Å². The molecule has 0 amide bonds. The fourth-order valence-electron chi connectivity index (χ4n) is 2.78. The number of benzene rings is 1. The van der Waals surface area contributed by atoms with Gasteiger partial charge in [-0.25, -0.2) is 0 Å². The lowest BCUT2D eigenvalue weighted by Gasteiger charge is -2.27. The molecule has 0 N–H and O–H groups in total. The highest BCUT2D eigenvalue weighted by molar-refractivity contribution is 5.94. The van der Waals surface area contributed by atoms with Gasteiger partial charge in [-0.2, -0.15) is 0 Å². The Morgan fingerprint density at radius 1 is 1.43 bits per heavy atom. The van der Waals surface area contributed by atoms with Crippen molar-refractivity contribution < 1.29 is 14.3 Å². The number of hydrogen-bond donors (Lipinski definition) is 0. The van der Waals surface area contributed by atoms with Gasteiger partial charge in [0.25, 0.3) is 0 Å². The molecule has 0 spiro atoms. The van der Waals surface area contributed by atoms with Gasteiger partial charge < -0.3 is 9.47 Å². The van der Waals surface area contributed by atoms with Gasteiger partial charge in [0.2, 0.25) is 0 Å². The van der Waals surface area contributed by atoms with Gasteiger partial charge in [0.1, 0.15) is 5.75 Å². The normalized spacial score (nSPS) is 18.8. The van der Waals surface area contributed by atoms with Crippen molar-refractivity contribution in [2.45, 2.75) is 38.8 Å². The van der Waals surface area contributed by atoms with Gasteiger partial charge in [-0.15, -0.1) is 0 Å². The van der Waals surface area contributed by atoms with Crippen LogP contribution in [0.2, 0.25) is 0 Å². The lowest BCUT2D eigenvalue weighted by atomic mass is 10.1. The molecular weight excluding hydrogens is 266 g/mol. The molecule has 1 aliphatic heterocycles. The molecule has 1 saturated heterocycles. The molecule has 1 aromatic carbocycles. The maximum atomic E-state index is 11.5. The zero-order valence-electron chi connectivity index (χ0n) is 13.2. The number of Topliss-reactive ketones (excluding diaryl/α,β-unsaturated/α-hetero) is 1. The SMILES string of the molecule is COc1ccc(C(C)=O)cc1CN(C)CC1CCCCO1. The fourth-order valence-corrected chi connectivity index (χ4v) is 2.78. The Bertz CT molecular complexity index is 481. The molecule has 0 aliphatic carbocycles. The standard InChI is InChI=1S/C17H25NO3/c1-13(19)14-7-8-17(20-3)15(10-14)11-18(2)12-16-6-4-5-9-21-16/h7-8,10,16H,4-6,9,11-12H2,1-3H3. The molecule has 1 unspecified atom stereocenters. The van der Waals surface area contributed by atoms with E-state index in [1.54, 1.807) is 14.0 Å². The number of rotatable bonds is 6. The summed E-state index contributed by atoms with van der Waals surface area (Å²) in [5.41, 5.74) is 1.77. The van der Waals surface area contributed by atoms with Crippen LogP contribution in [0.15, 0.2) is 18.2 Å². The predicted octanol–water partition coefficient (Wildman–Crippen LogP) is 2.90. The van der Waals surface area contributed by atoms with E-state index in [4.69, 9.17) is 9.47 Å². The minimum absolute atomic E-state index is 0.0807. The topological polar surface area (TPSA) is 38.8 Å². The lowest BCUT2D eigenvalue weighted by Crippen LogP contribution is -2.33. The molecule has 1 fully saturated rings. The zero-order valence-corrected chi connectivity index (χ0v) is 13.2. The number of likely N-dealkylation sites (N-methyl/N-ethyl adjacent to an activating group) is 1. The predicted molar refractivity (Wildman–Crippen MR) is 82.9 cm³/mol. The van der Waals surface area contributed by atoms with Crippen molar-refractivity contribution in [1.29, 1.82) is 0 Å². The number of carbonyl (C=O) groups is 1. The van der Waals surface area contributed by atoms with Crippen LogP contribution >= 0.6 is 0 Å². The van der Waals surface area contributed by atoms with Crippen LogP contribution < -0.4 is 4.74 Å². The van der Waals surface area contributed by atoms with E-state index >= 15 is 0 Å². The lowest BCUT2D eigenvalue weighted by molar-refractivity contribution is -0.00267. The zero-order chi connectivity index (χ0) is 15.2. The number of carbonyl (C=O) groups excluding carboxylic acids is 1. The maximum Gasteiger partial charge on any atom is 0.159 e. The average Bonchev–Trinajstić information content (AvgIpc) is 2.48. The van der Waals surface area contributed by atoms with E-state index in [-0.39, 0.29) is 5.78 Å². The summed E-state index contributed by atoms with van der Waals surface area (Å²) < 4.78 is 11.2. The first-order valence-corrected chi connectivity index (χ1v) is 7.58. The summed E-state index contributed by atoms with van der Waals surface area (Å²) in [6.07, 6.45) is 3.89. The summed E-state index contributed by atoms with van der Waals surface area (Å²) >= 11 is 0. The second-order valence-corrected chi connectivity index (χ2v) is 5.77. The molecule has 2 rings (SSSR count). The highest BCUT2D eigenvalue weighted by Gasteiger charge is 2.17. The van der Waals surface area contributed by atoms with E-state index in [0.29, 0.717) is 6.10 Å².